The van der Waals surface area contributed by atoms with Crippen LogP contribution in [-0.4, -0.2) is 29.0 Å². The minimum Gasteiger partial charge on any atom is -0.481 e. The second kappa shape index (κ2) is 5.06. The van der Waals surface area contributed by atoms with Crippen molar-refractivity contribution in [3.05, 3.63) is 34.4 Å². The summed E-state index contributed by atoms with van der Waals surface area (Å²) in [5.74, 6) is -1.88. The summed E-state index contributed by atoms with van der Waals surface area (Å²) in [7, 11) is 1.37. The lowest BCUT2D eigenvalue weighted by molar-refractivity contribution is -0.384. The van der Waals surface area contributed by atoms with Gasteiger partial charge >= 0.3 is 5.97 Å². The Morgan fingerprint density at radius 1 is 1.47 bits per heavy atom. The molecule has 1 rings (SSSR count). The van der Waals surface area contributed by atoms with Gasteiger partial charge in [-0.1, -0.05) is 6.07 Å². The Morgan fingerprint density at radius 2 is 2.12 bits per heavy atom. The molecule has 0 bridgehead atoms. The molecule has 0 atom stereocenters. The maximum absolute atomic E-state index is 11.4. The summed E-state index contributed by atoms with van der Waals surface area (Å²) in [6.07, 6.45) is -0.654. The number of carboxylic acids is 1. The number of carbonyl (C=O) groups excluding carboxylic acids is 1. The van der Waals surface area contributed by atoms with E-state index in [-0.39, 0.29) is 11.4 Å². The molecule has 0 fully saturated rings. The van der Waals surface area contributed by atoms with Gasteiger partial charge in [0.2, 0.25) is 5.91 Å². The molecule has 0 saturated carbocycles. The molecule has 0 radical (unpaired) electrons. The average Bonchev–Trinajstić information content (AvgIpc) is 2.27. The van der Waals surface area contributed by atoms with Crippen molar-refractivity contribution in [3.8, 4) is 0 Å². The van der Waals surface area contributed by atoms with Crippen molar-refractivity contribution in [3.63, 3.8) is 0 Å². The zero-order chi connectivity index (χ0) is 13.0. The number of hydrogen-bond acceptors (Lipinski definition) is 4. The summed E-state index contributed by atoms with van der Waals surface area (Å²) in [4.78, 5) is 32.8. The molecule has 1 N–H and O–H groups in total. The minimum absolute atomic E-state index is 0.155. The fourth-order valence-corrected chi connectivity index (χ4v) is 1.21. The molecule has 17 heavy (non-hydrogen) atoms. The van der Waals surface area contributed by atoms with E-state index in [1.807, 2.05) is 0 Å². The fraction of sp³-hybridized carbons (Fsp3) is 0.200. The first-order valence-electron chi connectivity index (χ1n) is 4.64. The maximum Gasteiger partial charge on any atom is 0.312 e. The number of carboxylic acid groups (broad SMARTS) is 1. The molecule has 90 valence electrons. The number of nitro groups is 1. The third-order valence-electron chi connectivity index (χ3n) is 2.10. The highest BCUT2D eigenvalue weighted by atomic mass is 16.6. The summed E-state index contributed by atoms with van der Waals surface area (Å²) in [5.41, 5.74) is 0.128. The van der Waals surface area contributed by atoms with E-state index in [4.69, 9.17) is 5.11 Å². The highest BCUT2D eigenvalue weighted by Gasteiger charge is 2.16. The van der Waals surface area contributed by atoms with Crippen LogP contribution in [0.5, 0.6) is 0 Å². The molecule has 0 aliphatic rings. The molecule has 0 aliphatic heterocycles. The summed E-state index contributed by atoms with van der Waals surface area (Å²) < 4.78 is 0. The minimum atomic E-state index is -1.24. The van der Waals surface area contributed by atoms with Gasteiger partial charge in [-0.25, -0.2) is 0 Å². The Morgan fingerprint density at radius 3 is 2.65 bits per heavy atom. The number of anilines is 1. The molecule has 7 heteroatoms. The topological polar surface area (TPSA) is 101 Å². The van der Waals surface area contributed by atoms with Gasteiger partial charge in [-0.3, -0.25) is 19.7 Å². The molecule has 1 aromatic carbocycles. The van der Waals surface area contributed by atoms with Crippen LogP contribution in [0.3, 0.4) is 0 Å². The predicted octanol–water partition coefficient (Wildman–Crippen LogP) is 1.03. The average molecular weight is 238 g/mol. The molecular formula is C10H10N2O5. The van der Waals surface area contributed by atoms with Crippen LogP contribution in [0.1, 0.15) is 6.42 Å². The van der Waals surface area contributed by atoms with Crippen LogP contribution >= 0.6 is 0 Å². The van der Waals surface area contributed by atoms with Crippen molar-refractivity contribution >= 4 is 23.3 Å². The zero-order valence-electron chi connectivity index (χ0n) is 8.99. The van der Waals surface area contributed by atoms with Crippen LogP contribution in [0.4, 0.5) is 11.4 Å². The number of rotatable bonds is 4. The fourth-order valence-electron chi connectivity index (χ4n) is 1.21. The first-order valence-corrected chi connectivity index (χ1v) is 4.64. The van der Waals surface area contributed by atoms with Gasteiger partial charge in [-0.05, 0) is 6.07 Å². The molecule has 0 saturated heterocycles. The van der Waals surface area contributed by atoms with E-state index < -0.39 is 23.2 Å². The molecular weight excluding hydrogens is 228 g/mol. The number of non-ortho nitro benzene ring substituents is 1. The van der Waals surface area contributed by atoms with E-state index in [1.54, 1.807) is 0 Å². The second-order valence-electron chi connectivity index (χ2n) is 3.30. The van der Waals surface area contributed by atoms with E-state index in [9.17, 15) is 19.7 Å². The molecule has 1 aromatic rings. The van der Waals surface area contributed by atoms with Gasteiger partial charge in [0.05, 0.1) is 10.6 Å². The highest BCUT2D eigenvalue weighted by molar-refractivity contribution is 6.02. The van der Waals surface area contributed by atoms with Crippen LogP contribution in [0, 0.1) is 10.1 Å². The smallest absolute Gasteiger partial charge is 0.312 e. The van der Waals surface area contributed by atoms with E-state index in [1.165, 1.54) is 31.3 Å². The standard InChI is InChI=1S/C10H10N2O5/c1-11(9(13)6-10(14)15)7-3-2-4-8(5-7)12(16)17/h2-5H,6H2,1H3,(H,14,15). The highest BCUT2D eigenvalue weighted by Crippen LogP contribution is 2.20. The summed E-state index contributed by atoms with van der Waals surface area (Å²) >= 11 is 0. The first-order chi connectivity index (χ1) is 7.91. The maximum atomic E-state index is 11.4. The zero-order valence-corrected chi connectivity index (χ0v) is 8.99. The van der Waals surface area contributed by atoms with Gasteiger partial charge in [0.1, 0.15) is 6.42 Å². The van der Waals surface area contributed by atoms with Crippen molar-refractivity contribution in [2.45, 2.75) is 6.42 Å². The number of amides is 1. The largest absolute Gasteiger partial charge is 0.481 e. The van der Waals surface area contributed by atoms with Crippen LogP contribution < -0.4 is 4.90 Å². The van der Waals surface area contributed by atoms with E-state index >= 15 is 0 Å². The monoisotopic (exact) mass is 238 g/mol. The van der Waals surface area contributed by atoms with Crippen molar-refractivity contribution in [1.82, 2.24) is 0 Å². The summed E-state index contributed by atoms with van der Waals surface area (Å²) in [6, 6.07) is 5.42. The Bertz CT molecular complexity index is 472. The Balaban J connectivity index is 2.92. The van der Waals surface area contributed by atoms with Crippen molar-refractivity contribution in [2.75, 3.05) is 11.9 Å². The lowest BCUT2D eigenvalue weighted by Gasteiger charge is -2.15. The van der Waals surface area contributed by atoms with Gasteiger partial charge < -0.3 is 10.0 Å². The Labute approximate surface area is 96.4 Å². The molecule has 0 unspecified atom stereocenters. The molecule has 0 heterocycles. The number of carbonyl (C=O) groups is 2. The van der Waals surface area contributed by atoms with Gasteiger partial charge in [0.15, 0.2) is 0 Å². The normalized spacial score (nSPS) is 9.71. The summed E-state index contributed by atoms with van der Waals surface area (Å²) in [6.45, 7) is 0. The van der Waals surface area contributed by atoms with Crippen molar-refractivity contribution < 1.29 is 19.6 Å². The Hall–Kier alpha value is -2.44. The van der Waals surface area contributed by atoms with E-state index in [0.717, 1.165) is 4.90 Å². The van der Waals surface area contributed by atoms with Crippen molar-refractivity contribution in [1.29, 1.82) is 0 Å². The van der Waals surface area contributed by atoms with Gasteiger partial charge in [0.25, 0.3) is 5.69 Å². The molecule has 0 aromatic heterocycles. The van der Waals surface area contributed by atoms with Gasteiger partial charge in [0, 0.05) is 19.2 Å². The van der Waals surface area contributed by atoms with Crippen LogP contribution in [0.25, 0.3) is 0 Å². The Kier molecular flexibility index (Phi) is 3.76. The molecule has 0 aliphatic carbocycles. The first kappa shape index (κ1) is 12.6. The number of nitrogens with zero attached hydrogens (tertiary/aromatic N) is 2. The van der Waals surface area contributed by atoms with Crippen LogP contribution in [0.2, 0.25) is 0 Å². The number of benzene rings is 1. The van der Waals surface area contributed by atoms with E-state index in [2.05, 4.69) is 0 Å². The van der Waals surface area contributed by atoms with Crippen molar-refractivity contribution in [2.24, 2.45) is 0 Å². The third-order valence-corrected chi connectivity index (χ3v) is 2.10. The number of nitro benzene ring substituents is 1. The quantitative estimate of drug-likeness (QED) is 0.479. The number of hydrogen-bond donors (Lipinski definition) is 1. The lowest BCUT2D eigenvalue weighted by atomic mass is 10.2. The van der Waals surface area contributed by atoms with Gasteiger partial charge in [-0.15, -0.1) is 0 Å². The van der Waals surface area contributed by atoms with Gasteiger partial charge in [-0.2, -0.15) is 0 Å². The summed E-state index contributed by atoms with van der Waals surface area (Å²) in [5, 5.41) is 19.0. The number of aliphatic carboxylic acids is 1. The van der Waals surface area contributed by atoms with Crippen LogP contribution in [-0.2, 0) is 9.59 Å². The predicted molar refractivity (Wildman–Crippen MR) is 58.8 cm³/mol. The second-order valence-corrected chi connectivity index (χ2v) is 3.30. The molecule has 0 spiro atoms. The van der Waals surface area contributed by atoms with E-state index in [0.29, 0.717) is 0 Å². The molecule has 7 nitrogen and oxygen atoms in total. The third kappa shape index (κ3) is 3.26. The lowest BCUT2D eigenvalue weighted by Crippen LogP contribution is -2.28. The van der Waals surface area contributed by atoms with Crippen LogP contribution in [0.15, 0.2) is 24.3 Å². The molecule has 1 amide bonds. The SMILES string of the molecule is CN(C(=O)CC(=O)O)c1cccc([N+](=O)[O-])c1.